The number of urea groups is 1. The highest BCUT2D eigenvalue weighted by molar-refractivity contribution is 7.11. The molecule has 4 nitrogen and oxygen atoms in total. The van der Waals surface area contributed by atoms with Crippen molar-refractivity contribution in [2.45, 2.75) is 46.2 Å². The predicted molar refractivity (Wildman–Crippen MR) is 73.8 cm³/mol. The third kappa shape index (κ3) is 3.02. The first-order valence-corrected chi connectivity index (χ1v) is 7.24. The molecule has 1 fully saturated rings. The fourth-order valence-corrected chi connectivity index (χ4v) is 2.84. The maximum Gasteiger partial charge on any atom is 0.317 e. The molecule has 0 aromatic carbocycles. The Bertz CT molecular complexity index is 420. The van der Waals surface area contributed by atoms with Crippen LogP contribution in [0.4, 0.5) is 4.79 Å². The lowest BCUT2D eigenvalue weighted by Gasteiger charge is -2.24. The van der Waals surface area contributed by atoms with Crippen molar-refractivity contribution in [1.82, 2.24) is 15.2 Å². The Morgan fingerprint density at radius 3 is 2.72 bits per heavy atom. The van der Waals surface area contributed by atoms with E-state index in [0.29, 0.717) is 18.5 Å². The molecule has 1 aliphatic carbocycles. The van der Waals surface area contributed by atoms with Crippen LogP contribution in [0.2, 0.25) is 0 Å². The molecule has 0 aliphatic heterocycles. The molecule has 100 valence electrons. The number of rotatable bonds is 4. The van der Waals surface area contributed by atoms with Crippen LogP contribution in [-0.4, -0.2) is 29.0 Å². The van der Waals surface area contributed by atoms with Gasteiger partial charge in [0.05, 0.1) is 12.2 Å². The average Bonchev–Trinajstić information content (AvgIpc) is 3.13. The highest BCUT2D eigenvalue weighted by Crippen LogP contribution is 2.34. The second-order valence-electron chi connectivity index (χ2n) is 5.10. The maximum absolute atomic E-state index is 12.0. The Hall–Kier alpha value is -1.10. The number of hydrogen-bond donors (Lipinski definition) is 1. The van der Waals surface area contributed by atoms with E-state index in [0.717, 1.165) is 10.7 Å². The molecular formula is C13H21N3OS. The van der Waals surface area contributed by atoms with Gasteiger partial charge in [-0.05, 0) is 39.5 Å². The van der Waals surface area contributed by atoms with Gasteiger partial charge < -0.3 is 10.2 Å². The van der Waals surface area contributed by atoms with Gasteiger partial charge in [-0.1, -0.05) is 0 Å². The summed E-state index contributed by atoms with van der Waals surface area (Å²) in [5, 5.41) is 3.92. The SMILES string of the molecule is Cc1nc(CNC(=O)N(C)[C@@H](C)C2CC2)sc1C. The quantitative estimate of drug-likeness (QED) is 0.911. The fraction of sp³-hybridized carbons (Fsp3) is 0.692. The average molecular weight is 267 g/mol. The van der Waals surface area contributed by atoms with Crippen LogP contribution in [0.25, 0.3) is 0 Å². The number of carbonyl (C=O) groups is 1. The van der Waals surface area contributed by atoms with Crippen LogP contribution in [-0.2, 0) is 6.54 Å². The summed E-state index contributed by atoms with van der Waals surface area (Å²) < 4.78 is 0. The minimum absolute atomic E-state index is 0.0000869. The van der Waals surface area contributed by atoms with Gasteiger partial charge in [0, 0.05) is 18.0 Å². The zero-order valence-electron chi connectivity index (χ0n) is 11.5. The number of carbonyl (C=O) groups excluding carboxylic acids is 1. The summed E-state index contributed by atoms with van der Waals surface area (Å²) in [6.07, 6.45) is 2.51. The summed E-state index contributed by atoms with van der Waals surface area (Å²) in [4.78, 5) is 19.4. The molecule has 1 N–H and O–H groups in total. The summed E-state index contributed by atoms with van der Waals surface area (Å²) in [7, 11) is 1.87. The van der Waals surface area contributed by atoms with E-state index >= 15 is 0 Å². The van der Waals surface area contributed by atoms with Gasteiger partial charge in [-0.25, -0.2) is 9.78 Å². The van der Waals surface area contributed by atoms with E-state index in [1.165, 1.54) is 17.7 Å². The topological polar surface area (TPSA) is 45.2 Å². The smallest absolute Gasteiger partial charge is 0.317 e. The molecule has 18 heavy (non-hydrogen) atoms. The molecule has 0 saturated heterocycles. The van der Waals surface area contributed by atoms with Crippen molar-refractivity contribution in [1.29, 1.82) is 0 Å². The number of aromatic nitrogens is 1. The lowest BCUT2D eigenvalue weighted by molar-refractivity contribution is 0.187. The van der Waals surface area contributed by atoms with Crippen molar-refractivity contribution in [3.63, 3.8) is 0 Å². The molecule has 0 unspecified atom stereocenters. The van der Waals surface area contributed by atoms with Crippen molar-refractivity contribution in [3.05, 3.63) is 15.6 Å². The van der Waals surface area contributed by atoms with E-state index in [2.05, 4.69) is 24.1 Å². The zero-order chi connectivity index (χ0) is 13.3. The predicted octanol–water partition coefficient (Wildman–Crippen LogP) is 2.70. The number of thiazole rings is 1. The number of aryl methyl sites for hydroxylation is 2. The van der Waals surface area contributed by atoms with Gasteiger partial charge in [-0.3, -0.25) is 0 Å². The normalized spacial score (nSPS) is 16.4. The molecule has 0 radical (unpaired) electrons. The minimum Gasteiger partial charge on any atom is -0.331 e. The summed E-state index contributed by atoms with van der Waals surface area (Å²) in [5.41, 5.74) is 1.06. The van der Waals surface area contributed by atoms with E-state index in [-0.39, 0.29) is 6.03 Å². The first-order chi connectivity index (χ1) is 8.49. The van der Waals surface area contributed by atoms with Crippen LogP contribution in [0.3, 0.4) is 0 Å². The van der Waals surface area contributed by atoms with Crippen LogP contribution in [0.5, 0.6) is 0 Å². The number of hydrogen-bond acceptors (Lipinski definition) is 3. The Labute approximate surface area is 112 Å². The van der Waals surface area contributed by atoms with Crippen LogP contribution in [0.15, 0.2) is 0 Å². The Kier molecular flexibility index (Phi) is 3.90. The van der Waals surface area contributed by atoms with Gasteiger partial charge >= 0.3 is 6.03 Å². The summed E-state index contributed by atoms with van der Waals surface area (Å²) in [6.45, 7) is 6.70. The molecule has 2 rings (SSSR count). The van der Waals surface area contributed by atoms with Gasteiger partial charge in [0.25, 0.3) is 0 Å². The number of nitrogens with one attached hydrogen (secondary N) is 1. The second-order valence-corrected chi connectivity index (χ2v) is 6.38. The molecule has 5 heteroatoms. The first-order valence-electron chi connectivity index (χ1n) is 6.42. The largest absolute Gasteiger partial charge is 0.331 e. The molecule has 1 aliphatic rings. The zero-order valence-corrected chi connectivity index (χ0v) is 12.3. The number of amides is 2. The third-order valence-corrected chi connectivity index (χ3v) is 4.77. The molecule has 1 aromatic rings. The monoisotopic (exact) mass is 267 g/mol. The van der Waals surface area contributed by atoms with Crippen molar-refractivity contribution >= 4 is 17.4 Å². The van der Waals surface area contributed by atoms with Crippen molar-refractivity contribution < 1.29 is 4.79 Å². The maximum atomic E-state index is 12.0. The van der Waals surface area contributed by atoms with Gasteiger partial charge in [0.1, 0.15) is 5.01 Å². The lowest BCUT2D eigenvalue weighted by Crippen LogP contribution is -2.42. The highest BCUT2D eigenvalue weighted by Gasteiger charge is 2.32. The van der Waals surface area contributed by atoms with Crippen LogP contribution in [0.1, 0.15) is 35.3 Å². The van der Waals surface area contributed by atoms with E-state index in [4.69, 9.17) is 0 Å². The van der Waals surface area contributed by atoms with Crippen molar-refractivity contribution in [3.8, 4) is 0 Å². The van der Waals surface area contributed by atoms with Gasteiger partial charge in [0.2, 0.25) is 0 Å². The summed E-state index contributed by atoms with van der Waals surface area (Å²) >= 11 is 1.65. The molecular weight excluding hydrogens is 246 g/mol. The van der Waals surface area contributed by atoms with Gasteiger partial charge in [-0.15, -0.1) is 11.3 Å². The standard InChI is InChI=1S/C13H21N3OS/c1-8-10(3)18-12(15-8)7-14-13(17)16(4)9(2)11-5-6-11/h9,11H,5-7H2,1-4H3,(H,14,17)/t9-/m0/s1. The molecule has 1 saturated carbocycles. The minimum atomic E-state index is -0.0000869. The summed E-state index contributed by atoms with van der Waals surface area (Å²) in [6, 6.07) is 0.338. The first kappa shape index (κ1) is 13.3. The van der Waals surface area contributed by atoms with Gasteiger partial charge in [0.15, 0.2) is 0 Å². The Morgan fingerprint density at radius 1 is 1.56 bits per heavy atom. The second kappa shape index (κ2) is 5.26. The van der Waals surface area contributed by atoms with Crippen LogP contribution in [0, 0.1) is 19.8 Å². The highest BCUT2D eigenvalue weighted by atomic mass is 32.1. The number of nitrogens with zero attached hydrogens (tertiary/aromatic N) is 2. The van der Waals surface area contributed by atoms with E-state index in [1.54, 1.807) is 11.3 Å². The fourth-order valence-electron chi connectivity index (χ4n) is 1.97. The Morgan fingerprint density at radius 2 is 2.22 bits per heavy atom. The lowest BCUT2D eigenvalue weighted by atomic mass is 10.2. The van der Waals surface area contributed by atoms with Crippen LogP contribution >= 0.6 is 11.3 Å². The molecule has 2 amide bonds. The van der Waals surface area contributed by atoms with E-state index in [9.17, 15) is 4.79 Å². The summed E-state index contributed by atoms with van der Waals surface area (Å²) in [5.74, 6) is 0.699. The van der Waals surface area contributed by atoms with Crippen molar-refractivity contribution in [2.24, 2.45) is 5.92 Å². The molecule has 0 bridgehead atoms. The van der Waals surface area contributed by atoms with Crippen molar-refractivity contribution in [2.75, 3.05) is 7.05 Å². The molecule has 0 spiro atoms. The molecule has 1 aromatic heterocycles. The van der Waals surface area contributed by atoms with Gasteiger partial charge in [-0.2, -0.15) is 0 Å². The molecule has 1 atom stereocenters. The van der Waals surface area contributed by atoms with Crippen LogP contribution < -0.4 is 5.32 Å². The van der Waals surface area contributed by atoms with E-state index in [1.807, 2.05) is 18.9 Å². The third-order valence-electron chi connectivity index (χ3n) is 3.70. The van der Waals surface area contributed by atoms with E-state index < -0.39 is 0 Å². The molecule has 1 heterocycles. The Balaban J connectivity index is 1.83.